The predicted molar refractivity (Wildman–Crippen MR) is 95.0 cm³/mol. The van der Waals surface area contributed by atoms with Gasteiger partial charge in [0.2, 0.25) is 0 Å². The van der Waals surface area contributed by atoms with E-state index < -0.39 is 11.9 Å². The Bertz CT molecular complexity index is 785. The number of hydrogen-bond donors (Lipinski definition) is 1. The number of anilines is 1. The molecule has 0 unspecified atom stereocenters. The van der Waals surface area contributed by atoms with Crippen molar-refractivity contribution in [3.8, 4) is 5.75 Å². The van der Waals surface area contributed by atoms with E-state index in [0.717, 1.165) is 19.3 Å². The Labute approximate surface area is 147 Å². The summed E-state index contributed by atoms with van der Waals surface area (Å²) in [6.07, 6.45) is 3.17. The van der Waals surface area contributed by atoms with Crippen LogP contribution in [0.4, 0.5) is 5.69 Å². The normalized spacial score (nSPS) is 12.4. The maximum absolute atomic E-state index is 12.1. The molecule has 1 aliphatic carbocycles. The molecule has 0 aromatic heterocycles. The van der Waals surface area contributed by atoms with E-state index in [1.807, 2.05) is 25.1 Å². The number of esters is 1. The molecule has 1 amide bonds. The number of aryl methyl sites for hydroxylation is 2. The summed E-state index contributed by atoms with van der Waals surface area (Å²) in [5.41, 5.74) is 3.54. The lowest BCUT2D eigenvalue weighted by Crippen LogP contribution is -2.21. The van der Waals surface area contributed by atoms with Gasteiger partial charge in [-0.05, 0) is 61.6 Å². The predicted octanol–water partition coefficient (Wildman–Crippen LogP) is 3.37. The highest BCUT2D eigenvalue weighted by Gasteiger charge is 2.16. The molecule has 1 N–H and O–H groups in total. The Morgan fingerprint density at radius 2 is 1.88 bits per heavy atom. The van der Waals surface area contributed by atoms with Crippen LogP contribution in [0.3, 0.4) is 0 Å². The highest BCUT2D eigenvalue weighted by atomic mass is 16.5. The van der Waals surface area contributed by atoms with Crippen molar-refractivity contribution in [2.75, 3.05) is 18.5 Å². The minimum Gasteiger partial charge on any atom is -0.492 e. The van der Waals surface area contributed by atoms with E-state index >= 15 is 0 Å². The van der Waals surface area contributed by atoms with E-state index in [-0.39, 0.29) is 6.61 Å². The van der Waals surface area contributed by atoms with Gasteiger partial charge in [0, 0.05) is 0 Å². The van der Waals surface area contributed by atoms with Crippen molar-refractivity contribution in [3.05, 3.63) is 59.2 Å². The maximum atomic E-state index is 12.1. The fourth-order valence-corrected chi connectivity index (χ4v) is 2.95. The zero-order valence-corrected chi connectivity index (χ0v) is 14.2. The molecule has 5 heteroatoms. The number of carbonyl (C=O) groups is 2. The number of amides is 1. The molecule has 0 radical (unpaired) electrons. The van der Waals surface area contributed by atoms with Gasteiger partial charge in [-0.3, -0.25) is 4.79 Å². The summed E-state index contributed by atoms with van der Waals surface area (Å²) in [4.78, 5) is 24.2. The fraction of sp³-hybridized carbons (Fsp3) is 0.300. The Morgan fingerprint density at radius 3 is 2.72 bits per heavy atom. The van der Waals surface area contributed by atoms with E-state index in [0.29, 0.717) is 23.6 Å². The Morgan fingerprint density at radius 1 is 1.08 bits per heavy atom. The molecule has 0 aliphatic heterocycles. The number of rotatable bonds is 6. The van der Waals surface area contributed by atoms with Crippen molar-refractivity contribution in [1.82, 2.24) is 0 Å². The Hall–Kier alpha value is -2.82. The first kappa shape index (κ1) is 17.0. The standard InChI is InChI=1S/C20H21NO4/c1-2-24-18-9-4-3-8-17(18)21-19(22)13-25-20(23)16-11-10-14-6-5-7-15(14)12-16/h3-4,8-12H,2,5-7,13H2,1H3,(H,21,22). The third-order valence-corrected chi connectivity index (χ3v) is 4.13. The third-order valence-electron chi connectivity index (χ3n) is 4.13. The third kappa shape index (κ3) is 4.18. The average molecular weight is 339 g/mol. The summed E-state index contributed by atoms with van der Waals surface area (Å²) in [6.45, 7) is 2.04. The van der Waals surface area contributed by atoms with Crippen LogP contribution in [0.5, 0.6) is 5.75 Å². The van der Waals surface area contributed by atoms with Crippen LogP contribution in [0.25, 0.3) is 0 Å². The number of carbonyl (C=O) groups excluding carboxylic acids is 2. The van der Waals surface area contributed by atoms with Gasteiger partial charge in [-0.15, -0.1) is 0 Å². The minimum atomic E-state index is -0.483. The van der Waals surface area contributed by atoms with Crippen molar-refractivity contribution in [2.24, 2.45) is 0 Å². The van der Waals surface area contributed by atoms with Crippen LogP contribution in [0.2, 0.25) is 0 Å². The minimum absolute atomic E-state index is 0.337. The summed E-state index contributed by atoms with van der Waals surface area (Å²) in [5, 5.41) is 2.70. The highest BCUT2D eigenvalue weighted by Crippen LogP contribution is 2.24. The number of fused-ring (bicyclic) bond motifs is 1. The van der Waals surface area contributed by atoms with E-state index in [1.165, 1.54) is 11.1 Å². The summed E-state index contributed by atoms with van der Waals surface area (Å²) < 4.78 is 10.6. The summed E-state index contributed by atoms with van der Waals surface area (Å²) in [7, 11) is 0. The van der Waals surface area contributed by atoms with Crippen LogP contribution in [0, 0.1) is 0 Å². The van der Waals surface area contributed by atoms with Crippen molar-refractivity contribution < 1.29 is 19.1 Å². The van der Waals surface area contributed by atoms with Gasteiger partial charge < -0.3 is 14.8 Å². The van der Waals surface area contributed by atoms with E-state index in [2.05, 4.69) is 5.32 Å². The molecule has 3 rings (SSSR count). The van der Waals surface area contributed by atoms with Crippen LogP contribution >= 0.6 is 0 Å². The lowest BCUT2D eigenvalue weighted by atomic mass is 10.1. The average Bonchev–Trinajstić information content (AvgIpc) is 3.09. The molecule has 0 heterocycles. The van der Waals surface area contributed by atoms with Crippen LogP contribution < -0.4 is 10.1 Å². The molecular weight excluding hydrogens is 318 g/mol. The Kier molecular flexibility index (Phi) is 5.33. The molecule has 0 fully saturated rings. The zero-order valence-electron chi connectivity index (χ0n) is 14.2. The summed E-state index contributed by atoms with van der Waals surface area (Å²) >= 11 is 0. The van der Waals surface area contributed by atoms with E-state index in [9.17, 15) is 9.59 Å². The van der Waals surface area contributed by atoms with E-state index in [1.54, 1.807) is 24.3 Å². The zero-order chi connectivity index (χ0) is 17.6. The molecule has 1 aliphatic rings. The van der Waals surface area contributed by atoms with Gasteiger partial charge in [0.05, 0.1) is 17.9 Å². The summed E-state index contributed by atoms with van der Waals surface area (Å²) in [6, 6.07) is 12.7. The Balaban J connectivity index is 1.56. The monoisotopic (exact) mass is 339 g/mol. The number of benzene rings is 2. The second-order valence-corrected chi connectivity index (χ2v) is 5.89. The quantitative estimate of drug-likeness (QED) is 0.820. The van der Waals surface area contributed by atoms with Crippen molar-refractivity contribution >= 4 is 17.6 Å². The first-order valence-corrected chi connectivity index (χ1v) is 8.48. The number of para-hydroxylation sites is 2. The lowest BCUT2D eigenvalue weighted by molar-refractivity contribution is -0.119. The maximum Gasteiger partial charge on any atom is 0.338 e. The number of ether oxygens (including phenoxy) is 2. The van der Waals surface area contributed by atoms with Crippen LogP contribution in [0.15, 0.2) is 42.5 Å². The van der Waals surface area contributed by atoms with Gasteiger partial charge in [-0.1, -0.05) is 18.2 Å². The number of nitrogens with one attached hydrogen (secondary N) is 1. The number of hydrogen-bond acceptors (Lipinski definition) is 4. The molecule has 130 valence electrons. The molecule has 2 aromatic carbocycles. The van der Waals surface area contributed by atoms with Gasteiger partial charge in [-0.2, -0.15) is 0 Å². The largest absolute Gasteiger partial charge is 0.492 e. The van der Waals surface area contributed by atoms with Gasteiger partial charge in [0.1, 0.15) is 5.75 Å². The van der Waals surface area contributed by atoms with Gasteiger partial charge in [0.25, 0.3) is 5.91 Å². The highest BCUT2D eigenvalue weighted by molar-refractivity contribution is 5.96. The molecule has 0 atom stereocenters. The van der Waals surface area contributed by atoms with Crippen molar-refractivity contribution in [2.45, 2.75) is 26.2 Å². The molecule has 0 spiro atoms. The van der Waals surface area contributed by atoms with Crippen LogP contribution in [0.1, 0.15) is 34.8 Å². The first-order chi connectivity index (χ1) is 12.2. The van der Waals surface area contributed by atoms with Crippen molar-refractivity contribution in [1.29, 1.82) is 0 Å². The molecular formula is C20H21NO4. The van der Waals surface area contributed by atoms with Gasteiger partial charge in [-0.25, -0.2) is 4.79 Å². The first-order valence-electron chi connectivity index (χ1n) is 8.48. The van der Waals surface area contributed by atoms with E-state index in [4.69, 9.17) is 9.47 Å². The molecule has 25 heavy (non-hydrogen) atoms. The van der Waals surface area contributed by atoms with Gasteiger partial charge in [0.15, 0.2) is 6.61 Å². The molecule has 0 saturated carbocycles. The van der Waals surface area contributed by atoms with Crippen molar-refractivity contribution in [3.63, 3.8) is 0 Å². The second kappa shape index (κ2) is 7.83. The van der Waals surface area contributed by atoms with Crippen LogP contribution in [-0.2, 0) is 22.4 Å². The molecule has 5 nitrogen and oxygen atoms in total. The molecule has 0 bridgehead atoms. The summed E-state index contributed by atoms with van der Waals surface area (Å²) in [5.74, 6) is -0.298. The lowest BCUT2D eigenvalue weighted by Gasteiger charge is -2.11. The molecule has 2 aromatic rings. The second-order valence-electron chi connectivity index (χ2n) is 5.89. The SMILES string of the molecule is CCOc1ccccc1NC(=O)COC(=O)c1ccc2c(c1)CCC2. The smallest absolute Gasteiger partial charge is 0.338 e. The topological polar surface area (TPSA) is 64.6 Å². The van der Waals surface area contributed by atoms with Gasteiger partial charge >= 0.3 is 5.97 Å². The van der Waals surface area contributed by atoms with Crippen LogP contribution in [-0.4, -0.2) is 25.1 Å². The molecule has 0 saturated heterocycles. The fourth-order valence-electron chi connectivity index (χ4n) is 2.95.